The van der Waals surface area contributed by atoms with Crippen molar-refractivity contribution in [2.24, 2.45) is 0 Å². The molecule has 18 heavy (non-hydrogen) atoms. The molecule has 0 unspecified atom stereocenters. The lowest BCUT2D eigenvalue weighted by atomic mass is 10.4. The highest BCUT2D eigenvalue weighted by molar-refractivity contribution is 5.05. The highest BCUT2D eigenvalue weighted by Crippen LogP contribution is 2.34. The molecule has 0 aromatic carbocycles. The van der Waals surface area contributed by atoms with E-state index in [1.807, 2.05) is 15.0 Å². The summed E-state index contributed by atoms with van der Waals surface area (Å²) >= 11 is 0. The van der Waals surface area contributed by atoms with Crippen LogP contribution in [0.15, 0.2) is 0 Å². The molecule has 1 aromatic rings. The molecule has 1 aromatic heterocycles. The zero-order chi connectivity index (χ0) is 14.4. The first-order chi connectivity index (χ1) is 7.82. The van der Waals surface area contributed by atoms with Crippen molar-refractivity contribution in [2.75, 3.05) is 0 Å². The summed E-state index contributed by atoms with van der Waals surface area (Å²) in [7, 11) is 0. The third-order valence-corrected chi connectivity index (χ3v) is 1.40. The fraction of sp³-hybridized carbons (Fsp3) is 0.500. The Hall–Kier alpha value is -1.62. The number of hydrogen-bond donors (Lipinski definition) is 0. The van der Waals surface area contributed by atoms with Crippen LogP contribution in [0.2, 0.25) is 0 Å². The van der Waals surface area contributed by atoms with Crippen molar-refractivity contribution in [3.05, 3.63) is 17.5 Å². The SMILES string of the molecule is FC(F)(F)c1nc(C(F)(F)F)nc(C(F)(F)F)n1. The molecular formula is C6F9N3. The van der Waals surface area contributed by atoms with Gasteiger partial charge in [0.1, 0.15) is 0 Å². The quantitative estimate of drug-likeness (QED) is 0.688. The lowest BCUT2D eigenvalue weighted by Gasteiger charge is -2.12. The standard InChI is InChI=1S/C6F9N3/c7-4(8,9)1-16-2(5(10,11)12)18-3(17-1)6(13,14)15. The molecule has 1 heterocycles. The van der Waals surface area contributed by atoms with Crippen LogP contribution >= 0.6 is 0 Å². The molecule has 0 radical (unpaired) electrons. The molecule has 12 heteroatoms. The van der Waals surface area contributed by atoms with E-state index in [1.54, 1.807) is 0 Å². The maximum Gasteiger partial charge on any atom is 0.451 e. The van der Waals surface area contributed by atoms with Gasteiger partial charge in [-0.1, -0.05) is 0 Å². The highest BCUT2D eigenvalue weighted by Gasteiger charge is 2.45. The Morgan fingerprint density at radius 2 is 0.611 bits per heavy atom. The molecule has 0 bridgehead atoms. The van der Waals surface area contributed by atoms with Crippen LogP contribution < -0.4 is 0 Å². The number of alkyl halides is 9. The minimum atomic E-state index is -5.55. The minimum absolute atomic E-state index is 1.92. The van der Waals surface area contributed by atoms with Gasteiger partial charge in [0.2, 0.25) is 17.5 Å². The Kier molecular flexibility index (Phi) is 3.17. The average Bonchev–Trinajstić information content (AvgIpc) is 2.13. The molecule has 0 N–H and O–H groups in total. The molecular weight excluding hydrogens is 285 g/mol. The molecule has 0 fully saturated rings. The third-order valence-electron chi connectivity index (χ3n) is 1.40. The first kappa shape index (κ1) is 14.4. The van der Waals surface area contributed by atoms with E-state index in [0.29, 0.717) is 0 Å². The summed E-state index contributed by atoms with van der Waals surface area (Å²) in [5.41, 5.74) is 0. The Morgan fingerprint density at radius 1 is 0.444 bits per heavy atom. The van der Waals surface area contributed by atoms with Gasteiger partial charge in [-0.3, -0.25) is 0 Å². The van der Waals surface area contributed by atoms with Crippen LogP contribution in [-0.4, -0.2) is 15.0 Å². The number of aromatic nitrogens is 3. The normalized spacial score (nSPS) is 13.8. The number of hydrogen-bond acceptors (Lipinski definition) is 3. The summed E-state index contributed by atoms with van der Waals surface area (Å²) < 4.78 is 108. The second kappa shape index (κ2) is 3.95. The second-order valence-electron chi connectivity index (χ2n) is 2.80. The first-order valence-corrected chi connectivity index (χ1v) is 3.79. The number of rotatable bonds is 0. The van der Waals surface area contributed by atoms with Gasteiger partial charge in [-0.05, 0) is 0 Å². The van der Waals surface area contributed by atoms with Crippen LogP contribution in [-0.2, 0) is 18.5 Å². The second-order valence-corrected chi connectivity index (χ2v) is 2.80. The van der Waals surface area contributed by atoms with Gasteiger partial charge in [0.15, 0.2) is 0 Å². The van der Waals surface area contributed by atoms with Crippen LogP contribution in [0.4, 0.5) is 39.5 Å². The predicted octanol–water partition coefficient (Wildman–Crippen LogP) is 2.93. The molecule has 0 atom stereocenters. The Bertz CT molecular complexity index is 364. The van der Waals surface area contributed by atoms with Gasteiger partial charge < -0.3 is 0 Å². The van der Waals surface area contributed by atoms with Gasteiger partial charge in [-0.2, -0.15) is 39.5 Å². The predicted molar refractivity (Wildman–Crippen MR) is 34.8 cm³/mol. The van der Waals surface area contributed by atoms with Crippen LogP contribution in [0.25, 0.3) is 0 Å². The highest BCUT2D eigenvalue weighted by atomic mass is 19.4. The Morgan fingerprint density at radius 3 is 0.722 bits per heavy atom. The molecule has 0 amide bonds. The van der Waals surface area contributed by atoms with Crippen molar-refractivity contribution >= 4 is 0 Å². The molecule has 0 aliphatic carbocycles. The van der Waals surface area contributed by atoms with Crippen LogP contribution in [0.5, 0.6) is 0 Å². The fourth-order valence-electron chi connectivity index (χ4n) is 0.756. The Balaban J connectivity index is 3.49. The molecule has 0 spiro atoms. The van der Waals surface area contributed by atoms with Gasteiger partial charge in [0.25, 0.3) is 0 Å². The van der Waals surface area contributed by atoms with E-state index < -0.39 is 36.0 Å². The first-order valence-electron chi connectivity index (χ1n) is 3.79. The van der Waals surface area contributed by atoms with Gasteiger partial charge >= 0.3 is 18.5 Å². The summed E-state index contributed by atoms with van der Waals surface area (Å²) in [4.78, 5) is 5.75. The van der Waals surface area contributed by atoms with E-state index in [1.165, 1.54) is 0 Å². The number of halogens is 9. The van der Waals surface area contributed by atoms with E-state index >= 15 is 0 Å². The van der Waals surface area contributed by atoms with Crippen LogP contribution in [0.1, 0.15) is 17.5 Å². The molecule has 0 aliphatic heterocycles. The van der Waals surface area contributed by atoms with E-state index in [-0.39, 0.29) is 0 Å². The van der Waals surface area contributed by atoms with Crippen molar-refractivity contribution in [3.63, 3.8) is 0 Å². The fourth-order valence-corrected chi connectivity index (χ4v) is 0.756. The summed E-state index contributed by atoms with van der Waals surface area (Å²) in [6.07, 6.45) is -16.7. The molecule has 3 nitrogen and oxygen atoms in total. The molecule has 0 aliphatic rings. The van der Waals surface area contributed by atoms with Crippen molar-refractivity contribution in [3.8, 4) is 0 Å². The van der Waals surface area contributed by atoms with Crippen molar-refractivity contribution in [1.82, 2.24) is 15.0 Å². The molecule has 102 valence electrons. The summed E-state index contributed by atoms with van der Waals surface area (Å²) in [6, 6.07) is 0. The smallest absolute Gasteiger partial charge is 0.200 e. The summed E-state index contributed by atoms with van der Waals surface area (Å²) in [6.45, 7) is 0. The lowest BCUT2D eigenvalue weighted by molar-refractivity contribution is -0.165. The van der Waals surface area contributed by atoms with E-state index in [9.17, 15) is 39.5 Å². The van der Waals surface area contributed by atoms with Crippen LogP contribution in [0, 0.1) is 0 Å². The van der Waals surface area contributed by atoms with Gasteiger partial charge in [-0.15, -0.1) is 0 Å². The Labute approximate surface area is 91.7 Å². The largest absolute Gasteiger partial charge is 0.451 e. The minimum Gasteiger partial charge on any atom is -0.200 e. The number of nitrogens with zero attached hydrogens (tertiary/aromatic N) is 3. The van der Waals surface area contributed by atoms with Crippen molar-refractivity contribution in [1.29, 1.82) is 0 Å². The van der Waals surface area contributed by atoms with E-state index in [4.69, 9.17) is 0 Å². The maximum absolute atomic E-state index is 12.0. The van der Waals surface area contributed by atoms with Gasteiger partial charge in [0.05, 0.1) is 0 Å². The van der Waals surface area contributed by atoms with E-state index in [0.717, 1.165) is 0 Å². The summed E-state index contributed by atoms with van der Waals surface area (Å²) in [5, 5.41) is 0. The zero-order valence-corrected chi connectivity index (χ0v) is 7.74. The third kappa shape index (κ3) is 3.20. The molecule has 1 rings (SSSR count). The average molecular weight is 285 g/mol. The van der Waals surface area contributed by atoms with Gasteiger partial charge in [0, 0.05) is 0 Å². The maximum atomic E-state index is 12.0. The summed E-state index contributed by atoms with van der Waals surface area (Å²) in [5.74, 6) is -7.67. The van der Waals surface area contributed by atoms with Crippen molar-refractivity contribution < 1.29 is 39.5 Å². The lowest BCUT2D eigenvalue weighted by Crippen LogP contribution is -2.24. The van der Waals surface area contributed by atoms with Gasteiger partial charge in [-0.25, -0.2) is 15.0 Å². The zero-order valence-electron chi connectivity index (χ0n) is 7.74. The monoisotopic (exact) mass is 285 g/mol. The molecule has 0 saturated heterocycles. The van der Waals surface area contributed by atoms with Crippen molar-refractivity contribution in [2.45, 2.75) is 18.5 Å². The topological polar surface area (TPSA) is 38.7 Å². The van der Waals surface area contributed by atoms with E-state index in [2.05, 4.69) is 0 Å². The van der Waals surface area contributed by atoms with Crippen LogP contribution in [0.3, 0.4) is 0 Å². The molecule has 0 saturated carbocycles.